The van der Waals surface area contributed by atoms with Crippen molar-refractivity contribution < 1.29 is 14.7 Å². The summed E-state index contributed by atoms with van der Waals surface area (Å²) in [6, 6.07) is 3.14. The minimum atomic E-state index is -1.02. The molecule has 0 aliphatic carbocycles. The summed E-state index contributed by atoms with van der Waals surface area (Å²) in [6.07, 6.45) is 1.78. The molecule has 22 heavy (non-hydrogen) atoms. The second-order valence-corrected chi connectivity index (χ2v) is 5.96. The lowest BCUT2D eigenvalue weighted by Gasteiger charge is -2.32. The van der Waals surface area contributed by atoms with Gasteiger partial charge in [0.05, 0.1) is 11.3 Å². The van der Waals surface area contributed by atoms with Crippen molar-refractivity contribution >= 4 is 11.9 Å². The van der Waals surface area contributed by atoms with E-state index in [4.69, 9.17) is 5.11 Å². The van der Waals surface area contributed by atoms with E-state index < -0.39 is 5.97 Å². The third-order valence-electron chi connectivity index (χ3n) is 3.74. The summed E-state index contributed by atoms with van der Waals surface area (Å²) in [7, 11) is 0. The zero-order valence-electron chi connectivity index (χ0n) is 14.1. The van der Waals surface area contributed by atoms with Gasteiger partial charge in [0.1, 0.15) is 5.69 Å². The number of amides is 1. The minimum Gasteiger partial charge on any atom is -0.478 e. The van der Waals surface area contributed by atoms with Gasteiger partial charge in [-0.25, -0.2) is 9.78 Å². The number of rotatable bonds is 7. The molecule has 1 heterocycles. The molecule has 122 valence electrons. The van der Waals surface area contributed by atoms with Crippen molar-refractivity contribution in [1.29, 1.82) is 0 Å². The highest BCUT2D eigenvalue weighted by Gasteiger charge is 2.24. The van der Waals surface area contributed by atoms with Gasteiger partial charge in [-0.05, 0) is 37.8 Å². The number of aromatic nitrogens is 1. The molecule has 0 radical (unpaired) electrons. The first-order valence-corrected chi connectivity index (χ1v) is 7.83. The summed E-state index contributed by atoms with van der Waals surface area (Å²) in [4.78, 5) is 29.9. The lowest BCUT2D eigenvalue weighted by atomic mass is 10.1. The molecular formula is C17H26N2O3. The molecule has 0 fully saturated rings. The molecule has 1 amide bonds. The number of nitrogens with zero attached hydrogens (tertiary/aromatic N) is 2. The zero-order chi connectivity index (χ0) is 16.9. The molecule has 0 aliphatic heterocycles. The van der Waals surface area contributed by atoms with Gasteiger partial charge < -0.3 is 10.0 Å². The molecule has 0 saturated heterocycles. The summed E-state index contributed by atoms with van der Waals surface area (Å²) in [5, 5.41) is 9.05. The minimum absolute atomic E-state index is 0.123. The van der Waals surface area contributed by atoms with Gasteiger partial charge in [0.2, 0.25) is 0 Å². The molecule has 1 aromatic rings. The van der Waals surface area contributed by atoms with Crippen molar-refractivity contribution in [3.8, 4) is 0 Å². The van der Waals surface area contributed by atoms with Crippen LogP contribution in [0, 0.1) is 12.8 Å². The van der Waals surface area contributed by atoms with Gasteiger partial charge in [-0.2, -0.15) is 0 Å². The van der Waals surface area contributed by atoms with Crippen molar-refractivity contribution in [1.82, 2.24) is 9.88 Å². The highest BCUT2D eigenvalue weighted by atomic mass is 16.4. The van der Waals surface area contributed by atoms with E-state index in [0.29, 0.717) is 23.9 Å². The lowest BCUT2D eigenvalue weighted by Crippen LogP contribution is -2.42. The number of pyridine rings is 1. The summed E-state index contributed by atoms with van der Waals surface area (Å²) in [5.41, 5.74) is 0.817. The number of carboxylic acid groups (broad SMARTS) is 1. The van der Waals surface area contributed by atoms with Crippen LogP contribution < -0.4 is 0 Å². The molecule has 1 N–H and O–H groups in total. The van der Waals surface area contributed by atoms with Crippen molar-refractivity contribution in [2.45, 2.75) is 53.5 Å². The third kappa shape index (κ3) is 4.29. The molecule has 0 bridgehead atoms. The fraction of sp³-hybridized carbons (Fsp3) is 0.588. The van der Waals surface area contributed by atoms with Gasteiger partial charge in [0.15, 0.2) is 0 Å². The van der Waals surface area contributed by atoms with E-state index >= 15 is 0 Å². The van der Waals surface area contributed by atoms with Crippen LogP contribution in [-0.2, 0) is 0 Å². The number of carbonyl (C=O) groups excluding carboxylic acids is 1. The van der Waals surface area contributed by atoms with Gasteiger partial charge in [-0.3, -0.25) is 4.79 Å². The van der Waals surface area contributed by atoms with Crippen LogP contribution in [0.5, 0.6) is 0 Å². The van der Waals surface area contributed by atoms with Crippen LogP contribution in [0.1, 0.15) is 67.1 Å². The van der Waals surface area contributed by atoms with E-state index in [1.165, 1.54) is 12.1 Å². The molecule has 0 saturated carbocycles. The van der Waals surface area contributed by atoms with Crippen molar-refractivity contribution in [3.05, 3.63) is 29.1 Å². The maximum atomic E-state index is 12.8. The number of aromatic carboxylic acids is 1. The average Bonchev–Trinajstić information content (AvgIpc) is 2.45. The SMILES string of the molecule is CCC(CC)N(CC(C)C)C(=O)c1ccc(C(=O)O)c(C)n1. The van der Waals surface area contributed by atoms with E-state index in [2.05, 4.69) is 32.7 Å². The first kappa shape index (κ1) is 18.1. The van der Waals surface area contributed by atoms with Crippen LogP contribution in [0.25, 0.3) is 0 Å². The normalized spacial score (nSPS) is 11.0. The van der Waals surface area contributed by atoms with E-state index in [0.717, 1.165) is 12.8 Å². The zero-order valence-corrected chi connectivity index (χ0v) is 14.1. The van der Waals surface area contributed by atoms with Crippen LogP contribution in [0.15, 0.2) is 12.1 Å². The van der Waals surface area contributed by atoms with Crippen LogP contribution in [-0.4, -0.2) is 39.5 Å². The number of carbonyl (C=O) groups is 2. The largest absolute Gasteiger partial charge is 0.478 e. The molecule has 1 aromatic heterocycles. The number of carboxylic acids is 1. The van der Waals surface area contributed by atoms with Crippen molar-refractivity contribution in [2.75, 3.05) is 6.54 Å². The van der Waals surface area contributed by atoms with Crippen LogP contribution in [0.4, 0.5) is 0 Å². The van der Waals surface area contributed by atoms with Gasteiger partial charge in [0.25, 0.3) is 5.91 Å². The molecule has 0 atom stereocenters. The molecule has 1 rings (SSSR count). The lowest BCUT2D eigenvalue weighted by molar-refractivity contribution is 0.0630. The Balaban J connectivity index is 3.13. The van der Waals surface area contributed by atoms with Crippen LogP contribution in [0.2, 0.25) is 0 Å². The number of hydrogen-bond acceptors (Lipinski definition) is 3. The number of aryl methyl sites for hydroxylation is 1. The highest BCUT2D eigenvalue weighted by molar-refractivity contribution is 5.94. The number of hydrogen-bond donors (Lipinski definition) is 1. The summed E-state index contributed by atoms with van der Waals surface area (Å²) in [6.45, 7) is 10.6. The summed E-state index contributed by atoms with van der Waals surface area (Å²) in [5.74, 6) is -0.783. The van der Waals surface area contributed by atoms with Gasteiger partial charge in [-0.1, -0.05) is 27.7 Å². The Morgan fingerprint density at radius 1 is 1.23 bits per heavy atom. The maximum Gasteiger partial charge on any atom is 0.337 e. The molecule has 5 heteroatoms. The fourth-order valence-electron chi connectivity index (χ4n) is 2.57. The molecular weight excluding hydrogens is 280 g/mol. The summed E-state index contributed by atoms with van der Waals surface area (Å²) >= 11 is 0. The Labute approximate surface area is 132 Å². The predicted octanol–water partition coefficient (Wildman–Crippen LogP) is 3.38. The maximum absolute atomic E-state index is 12.8. The standard InChI is InChI=1S/C17H26N2O3/c1-6-13(7-2)19(10-11(3)4)16(20)15-9-8-14(17(21)22)12(5)18-15/h8-9,11,13H,6-7,10H2,1-5H3,(H,21,22). The van der Waals surface area contributed by atoms with E-state index in [1.54, 1.807) is 6.92 Å². The fourth-order valence-corrected chi connectivity index (χ4v) is 2.57. The van der Waals surface area contributed by atoms with Gasteiger partial charge >= 0.3 is 5.97 Å². The first-order chi connectivity index (χ1) is 10.3. The molecule has 0 aliphatic rings. The Kier molecular flexibility index (Phi) is 6.53. The molecule has 0 aromatic carbocycles. The molecule has 0 spiro atoms. The van der Waals surface area contributed by atoms with E-state index in [1.807, 2.05) is 4.90 Å². The Morgan fingerprint density at radius 3 is 2.23 bits per heavy atom. The van der Waals surface area contributed by atoms with Gasteiger partial charge in [-0.15, -0.1) is 0 Å². The predicted molar refractivity (Wildman–Crippen MR) is 86.2 cm³/mol. The van der Waals surface area contributed by atoms with E-state index in [9.17, 15) is 9.59 Å². The van der Waals surface area contributed by atoms with Crippen LogP contribution >= 0.6 is 0 Å². The topological polar surface area (TPSA) is 70.5 Å². The van der Waals surface area contributed by atoms with Crippen molar-refractivity contribution in [3.63, 3.8) is 0 Å². The van der Waals surface area contributed by atoms with Crippen LogP contribution in [0.3, 0.4) is 0 Å². The first-order valence-electron chi connectivity index (χ1n) is 7.83. The van der Waals surface area contributed by atoms with Gasteiger partial charge in [0, 0.05) is 12.6 Å². The second kappa shape index (κ2) is 7.92. The summed E-state index contributed by atoms with van der Waals surface area (Å²) < 4.78 is 0. The highest BCUT2D eigenvalue weighted by Crippen LogP contribution is 2.16. The quantitative estimate of drug-likeness (QED) is 0.838. The molecule has 5 nitrogen and oxygen atoms in total. The Hall–Kier alpha value is -1.91. The smallest absolute Gasteiger partial charge is 0.337 e. The Bertz CT molecular complexity index is 537. The van der Waals surface area contributed by atoms with E-state index in [-0.39, 0.29) is 17.5 Å². The average molecular weight is 306 g/mol. The third-order valence-corrected chi connectivity index (χ3v) is 3.74. The van der Waals surface area contributed by atoms with Crippen molar-refractivity contribution in [2.24, 2.45) is 5.92 Å². The monoisotopic (exact) mass is 306 g/mol. The second-order valence-electron chi connectivity index (χ2n) is 5.96. The Morgan fingerprint density at radius 2 is 1.82 bits per heavy atom. The molecule has 0 unspecified atom stereocenters.